The third-order valence-corrected chi connectivity index (χ3v) is 12.5. The van der Waals surface area contributed by atoms with Crippen LogP contribution in [0.1, 0.15) is 136 Å². The summed E-state index contributed by atoms with van der Waals surface area (Å²) in [6.45, 7) is 2.65. The molecule has 0 radical (unpaired) electrons. The largest absolute Gasteiger partial charge is 0.472 e. The van der Waals surface area contributed by atoms with Gasteiger partial charge in [-0.3, -0.25) is 23.2 Å². The normalized spacial score (nSPS) is 22.9. The molecule has 0 saturated heterocycles. The number of hydrogen-bond acceptors (Lipinski definition) is 16. The van der Waals surface area contributed by atoms with Crippen molar-refractivity contribution in [1.29, 1.82) is 0 Å². The van der Waals surface area contributed by atoms with E-state index in [0.717, 1.165) is 57.8 Å². The van der Waals surface area contributed by atoms with E-state index in [9.17, 15) is 69.1 Å². The first-order valence-electron chi connectivity index (χ1n) is 25.1. The first kappa shape index (κ1) is 66.8. The molecule has 21 heteroatoms. The summed E-state index contributed by atoms with van der Waals surface area (Å²) in [7, 11) is -10.8. The van der Waals surface area contributed by atoms with Crippen molar-refractivity contribution >= 4 is 27.6 Å². The second-order valence-electron chi connectivity index (χ2n) is 17.4. The van der Waals surface area contributed by atoms with Gasteiger partial charge >= 0.3 is 27.6 Å². The maximum atomic E-state index is 13.0. The molecule has 19 nitrogen and oxygen atoms in total. The fourth-order valence-electron chi connectivity index (χ4n) is 6.92. The molecule has 1 fully saturated rings. The molecule has 1 saturated carbocycles. The lowest BCUT2D eigenvalue weighted by atomic mass is 9.85. The van der Waals surface area contributed by atoms with Gasteiger partial charge in [-0.25, -0.2) is 9.13 Å². The van der Waals surface area contributed by atoms with Gasteiger partial charge in [-0.2, -0.15) is 0 Å². The van der Waals surface area contributed by atoms with Crippen molar-refractivity contribution in [2.75, 3.05) is 13.2 Å². The number of aliphatic hydroxyl groups is 7. The van der Waals surface area contributed by atoms with Crippen LogP contribution in [0.25, 0.3) is 0 Å². The van der Waals surface area contributed by atoms with Gasteiger partial charge in [-0.15, -0.1) is 0 Å². The van der Waals surface area contributed by atoms with Gasteiger partial charge in [-0.05, 0) is 70.6 Å². The lowest BCUT2D eigenvalue weighted by Crippen LogP contribution is -2.64. The summed E-state index contributed by atoms with van der Waals surface area (Å²) in [5, 5.41) is 71.9. The number of esters is 2. The number of ether oxygens (including phenoxy) is 2. The highest BCUT2D eigenvalue weighted by Crippen LogP contribution is 2.49. The lowest BCUT2D eigenvalue weighted by Gasteiger charge is -2.43. The number of carbonyl (C=O) groups is 2. The van der Waals surface area contributed by atoms with Crippen LogP contribution in [0.15, 0.2) is 97.2 Å². The average molecular weight is 1060 g/mol. The van der Waals surface area contributed by atoms with Crippen molar-refractivity contribution in [2.24, 2.45) is 0 Å². The molecule has 0 heterocycles. The van der Waals surface area contributed by atoms with E-state index in [0.29, 0.717) is 19.3 Å². The van der Waals surface area contributed by atoms with Crippen LogP contribution in [0.3, 0.4) is 0 Å². The molecule has 412 valence electrons. The number of allylic oxidation sites excluding steroid dienone is 14. The minimum absolute atomic E-state index is 0.00474. The van der Waals surface area contributed by atoms with Gasteiger partial charge in [-0.1, -0.05) is 150 Å². The zero-order valence-electron chi connectivity index (χ0n) is 41.9. The van der Waals surface area contributed by atoms with Crippen LogP contribution in [-0.2, 0) is 41.8 Å². The third kappa shape index (κ3) is 33.6. The predicted octanol–water partition coefficient (Wildman–Crippen LogP) is 6.86. The quantitative estimate of drug-likeness (QED) is 0.00984. The molecule has 1 aliphatic carbocycles. The molecule has 1 rings (SSSR count). The molecule has 72 heavy (non-hydrogen) atoms. The molecule has 1 aliphatic rings. The van der Waals surface area contributed by atoms with E-state index in [1.54, 1.807) is 36.5 Å². The van der Waals surface area contributed by atoms with Crippen molar-refractivity contribution < 1.29 is 92.2 Å². The first-order chi connectivity index (χ1) is 34.3. The molecule has 0 aromatic heterocycles. The van der Waals surface area contributed by atoms with Gasteiger partial charge in [0.1, 0.15) is 43.2 Å². The SMILES string of the molecule is CCCCC/C=C\C/C=C\C/C=C\C/C=C\CCCCCC(=O)O[C@H](COC(=O)CCC[C@@H](O)[C@H](O)/C=C/C=C/C=C\C=C\[C@H](O)CCCCC)COP(=O)(O)O[C@H]1C(O)C(O)C(O)[C@@H](OP(=O)(O)O)C1O. The molecule has 5 unspecified atom stereocenters. The fourth-order valence-corrected chi connectivity index (χ4v) is 8.46. The van der Waals surface area contributed by atoms with E-state index in [4.69, 9.17) is 18.5 Å². The predicted molar refractivity (Wildman–Crippen MR) is 273 cm³/mol. The Labute approximate surface area is 425 Å². The van der Waals surface area contributed by atoms with Gasteiger partial charge in [0.25, 0.3) is 0 Å². The zero-order valence-corrected chi connectivity index (χ0v) is 43.7. The van der Waals surface area contributed by atoms with E-state index < -0.39 is 102 Å². The molecule has 0 aliphatic heterocycles. The van der Waals surface area contributed by atoms with E-state index in [1.807, 2.05) is 0 Å². The topological polar surface area (TPSA) is 317 Å². The number of carbonyl (C=O) groups excluding carboxylic acids is 2. The summed E-state index contributed by atoms with van der Waals surface area (Å²) in [5.41, 5.74) is 0. The van der Waals surface area contributed by atoms with E-state index in [1.165, 1.54) is 31.4 Å². The fraction of sp³-hybridized carbons (Fsp3) is 0.647. The van der Waals surface area contributed by atoms with Crippen molar-refractivity contribution in [3.63, 3.8) is 0 Å². The van der Waals surface area contributed by atoms with Gasteiger partial charge in [0, 0.05) is 12.8 Å². The number of rotatable bonds is 40. The highest BCUT2D eigenvalue weighted by atomic mass is 31.2. The molecule has 0 spiro atoms. The summed E-state index contributed by atoms with van der Waals surface area (Å²) in [6, 6.07) is 0. The molecular weight excluding hydrogens is 978 g/mol. The summed E-state index contributed by atoms with van der Waals surface area (Å²) in [6.07, 6.45) is 25.5. The molecule has 0 bridgehead atoms. The van der Waals surface area contributed by atoms with Gasteiger partial charge in [0.05, 0.1) is 24.9 Å². The van der Waals surface area contributed by atoms with Crippen molar-refractivity contribution in [3.05, 3.63) is 97.2 Å². The van der Waals surface area contributed by atoms with Gasteiger partial charge in [0.15, 0.2) is 6.10 Å². The van der Waals surface area contributed by atoms with Crippen LogP contribution >= 0.6 is 15.6 Å². The Kier molecular flexibility index (Phi) is 37.3. The second kappa shape index (κ2) is 40.2. The van der Waals surface area contributed by atoms with Crippen molar-refractivity contribution in [2.45, 2.75) is 197 Å². The first-order valence-corrected chi connectivity index (χ1v) is 28.1. The third-order valence-electron chi connectivity index (χ3n) is 11.0. The minimum atomic E-state index is -5.41. The van der Waals surface area contributed by atoms with Crippen LogP contribution in [0.2, 0.25) is 0 Å². The number of aliphatic hydroxyl groups excluding tert-OH is 7. The van der Waals surface area contributed by atoms with E-state index >= 15 is 0 Å². The summed E-state index contributed by atoms with van der Waals surface area (Å²) in [5.74, 6) is -1.58. The molecule has 0 amide bonds. The standard InChI is InChI=1S/C51H84O19P2/c1-3-5-7-8-9-10-11-12-13-14-15-16-17-18-19-20-21-26-30-36-45(56)68-41(39-67-72(64,65)70-51-48(59)46(57)47(58)50(49(51)60)69-71(61,62)63)38-66-44(55)37-31-35-43(54)42(53)34-29-25-23-22-24-28-33-40(52)32-27-6-4-2/h9-10,12-13,15-16,18-19,22-25,28-29,33-34,40-43,46-54,57-60H,3-8,11,14,17,20-21,26-27,30-32,35-39H2,1-2H3,(H,64,65)(H2,61,62,63)/b10-9-,13-12-,16-15-,19-18-,24-22-,25-23+,33-28+,34-29+/t40-,41-,42-,43-,46?,47?,48?,49?,50-,51+/m1/s1. The monoisotopic (exact) mass is 1060 g/mol. The number of hydrogen-bond donors (Lipinski definition) is 10. The number of phosphoric ester groups is 2. The number of unbranched alkanes of at least 4 members (excludes halogenated alkanes) is 8. The highest BCUT2D eigenvalue weighted by molar-refractivity contribution is 7.47. The van der Waals surface area contributed by atoms with Crippen LogP contribution < -0.4 is 0 Å². The zero-order chi connectivity index (χ0) is 53.6. The van der Waals surface area contributed by atoms with E-state index in [2.05, 4.69) is 67.0 Å². The molecule has 0 aromatic carbocycles. The van der Waals surface area contributed by atoms with Crippen molar-refractivity contribution in [1.82, 2.24) is 0 Å². The summed E-state index contributed by atoms with van der Waals surface area (Å²) < 4.78 is 49.2. The Morgan fingerprint density at radius 3 is 1.64 bits per heavy atom. The molecular formula is C51H84O19P2. The molecule has 11 atom stereocenters. The Balaban J connectivity index is 2.74. The minimum Gasteiger partial charge on any atom is -0.462 e. The van der Waals surface area contributed by atoms with Crippen LogP contribution in [0.4, 0.5) is 0 Å². The number of phosphoric acid groups is 2. The lowest BCUT2D eigenvalue weighted by molar-refractivity contribution is -0.216. The summed E-state index contributed by atoms with van der Waals surface area (Å²) >= 11 is 0. The van der Waals surface area contributed by atoms with Crippen LogP contribution in [-0.4, -0.2) is 137 Å². The second-order valence-corrected chi connectivity index (χ2v) is 20.0. The van der Waals surface area contributed by atoms with Gasteiger partial charge < -0.3 is 59.9 Å². The Morgan fingerprint density at radius 2 is 1.06 bits per heavy atom. The maximum Gasteiger partial charge on any atom is 0.472 e. The summed E-state index contributed by atoms with van der Waals surface area (Å²) in [4.78, 5) is 54.4. The Bertz CT molecular complexity index is 1810. The Hall–Kier alpha value is -3.20. The van der Waals surface area contributed by atoms with Crippen molar-refractivity contribution in [3.8, 4) is 0 Å². The van der Waals surface area contributed by atoms with E-state index in [-0.39, 0.29) is 25.7 Å². The van der Waals surface area contributed by atoms with Crippen LogP contribution in [0.5, 0.6) is 0 Å². The van der Waals surface area contributed by atoms with Crippen LogP contribution in [0, 0.1) is 0 Å². The highest BCUT2D eigenvalue weighted by Gasteiger charge is 2.54. The van der Waals surface area contributed by atoms with Gasteiger partial charge in [0.2, 0.25) is 0 Å². The smallest absolute Gasteiger partial charge is 0.462 e. The molecule has 10 N–H and O–H groups in total. The molecule has 0 aromatic rings. The maximum absolute atomic E-state index is 13.0. The average Bonchev–Trinajstić information content (AvgIpc) is 3.33. The Morgan fingerprint density at radius 1 is 0.542 bits per heavy atom.